The van der Waals surface area contributed by atoms with Gasteiger partial charge in [0.1, 0.15) is 0 Å². The topological polar surface area (TPSA) is 186 Å². The maximum Gasteiger partial charge on any atom is 0.269 e. The zero-order chi connectivity index (χ0) is 30.6. The minimum Gasteiger partial charge on any atom is -0.490 e. The predicted octanol–water partition coefficient (Wildman–Crippen LogP) is 3.49. The van der Waals surface area contributed by atoms with Gasteiger partial charge < -0.3 is 24.8 Å². The molecule has 3 N–H and O–H groups in total. The van der Waals surface area contributed by atoms with Crippen molar-refractivity contribution in [2.45, 2.75) is 33.7 Å². The van der Waals surface area contributed by atoms with Gasteiger partial charge >= 0.3 is 0 Å². The Labute approximate surface area is 251 Å². The van der Waals surface area contributed by atoms with E-state index in [2.05, 4.69) is 20.5 Å². The Morgan fingerprint density at radius 3 is 2.70 bits per heavy atom. The van der Waals surface area contributed by atoms with Crippen LogP contribution in [0.15, 0.2) is 69.5 Å². The first kappa shape index (κ1) is 30.2. The molecule has 1 fully saturated rings. The number of nitrogens with one attached hydrogen (secondary N) is 2. The highest BCUT2D eigenvalue weighted by molar-refractivity contribution is 7.99. The Morgan fingerprint density at radius 1 is 1.23 bits per heavy atom. The van der Waals surface area contributed by atoms with Gasteiger partial charge in [-0.3, -0.25) is 15.2 Å². The molecule has 226 valence electrons. The number of nitrogens with zero attached hydrogens (tertiary/aromatic N) is 5. The van der Waals surface area contributed by atoms with Crippen LogP contribution >= 0.6 is 11.8 Å². The van der Waals surface area contributed by atoms with Crippen molar-refractivity contribution in [1.82, 2.24) is 20.2 Å². The third-order valence-corrected chi connectivity index (χ3v) is 9.14. The molecule has 16 heteroatoms. The van der Waals surface area contributed by atoms with Crippen molar-refractivity contribution in [1.29, 1.82) is 0 Å². The number of nitro benzene ring substituents is 1. The van der Waals surface area contributed by atoms with Gasteiger partial charge in [0.05, 0.1) is 48.5 Å². The van der Waals surface area contributed by atoms with E-state index < -0.39 is 14.8 Å². The van der Waals surface area contributed by atoms with Gasteiger partial charge in [-0.05, 0) is 48.5 Å². The molecule has 1 saturated heterocycles. The zero-order valence-electron chi connectivity index (χ0n) is 23.3. The van der Waals surface area contributed by atoms with Crippen LogP contribution in [0, 0.1) is 17.0 Å². The minimum absolute atomic E-state index is 0.0788. The third-order valence-electron chi connectivity index (χ3n) is 6.56. The number of anilines is 3. The summed E-state index contributed by atoms with van der Waals surface area (Å²) in [5, 5.41) is 31.7. The first-order valence-corrected chi connectivity index (χ1v) is 15.6. The summed E-state index contributed by atoms with van der Waals surface area (Å²) in [5.41, 5.74) is 1.000. The van der Waals surface area contributed by atoms with Gasteiger partial charge in [-0.1, -0.05) is 12.1 Å². The van der Waals surface area contributed by atoms with E-state index in [4.69, 9.17) is 14.5 Å². The van der Waals surface area contributed by atoms with Crippen LogP contribution in [0.5, 0.6) is 5.75 Å². The second kappa shape index (κ2) is 12.9. The van der Waals surface area contributed by atoms with Crippen molar-refractivity contribution < 1.29 is 27.9 Å². The fraction of sp³-hybridized carbons (Fsp3) is 0.296. The molecule has 1 aliphatic rings. The zero-order valence-corrected chi connectivity index (χ0v) is 24.9. The van der Waals surface area contributed by atoms with Crippen molar-refractivity contribution >= 4 is 44.7 Å². The highest BCUT2D eigenvalue weighted by atomic mass is 32.2. The van der Waals surface area contributed by atoms with Gasteiger partial charge in [0.25, 0.3) is 5.69 Å². The van der Waals surface area contributed by atoms with E-state index in [0.717, 1.165) is 5.69 Å². The van der Waals surface area contributed by atoms with Crippen LogP contribution in [0.25, 0.3) is 0 Å². The maximum atomic E-state index is 13.1. The number of rotatable bonds is 11. The lowest BCUT2D eigenvalue weighted by Crippen LogP contribution is -2.48. The van der Waals surface area contributed by atoms with Gasteiger partial charge in [-0.2, -0.15) is 5.10 Å². The summed E-state index contributed by atoms with van der Waals surface area (Å²) in [5.74, 6) is 1.34. The molecule has 3 heterocycles. The second-order valence-electron chi connectivity index (χ2n) is 9.64. The molecular weight excluding hydrogens is 598 g/mol. The number of non-ortho nitro benzene ring substituents is 1. The van der Waals surface area contributed by atoms with Crippen LogP contribution in [0.2, 0.25) is 0 Å². The Bertz CT molecular complexity index is 1720. The molecule has 1 unspecified atom stereocenters. The highest BCUT2D eigenvalue weighted by Gasteiger charge is 2.29. The van der Waals surface area contributed by atoms with E-state index in [1.807, 2.05) is 17.9 Å². The molecule has 0 amide bonds. The third kappa shape index (κ3) is 7.05. The first-order valence-electron chi connectivity index (χ1n) is 13.1. The molecule has 4 aromatic rings. The summed E-state index contributed by atoms with van der Waals surface area (Å²) in [6, 6.07) is 13.3. The number of nitro groups is 1. The lowest BCUT2D eigenvalue weighted by Gasteiger charge is -2.36. The van der Waals surface area contributed by atoms with Crippen LogP contribution in [-0.4, -0.2) is 78.1 Å². The number of methoxy groups -OCH3 is 1. The summed E-state index contributed by atoms with van der Waals surface area (Å²) < 4.78 is 37.4. The highest BCUT2D eigenvalue weighted by Crippen LogP contribution is 2.39. The number of aromatic amines is 1. The van der Waals surface area contributed by atoms with Crippen molar-refractivity contribution in [2.24, 2.45) is 0 Å². The van der Waals surface area contributed by atoms with Crippen LogP contribution in [-0.2, 0) is 20.3 Å². The summed E-state index contributed by atoms with van der Waals surface area (Å²) in [6.45, 7) is 2.96. The van der Waals surface area contributed by atoms with Gasteiger partial charge in [0.15, 0.2) is 32.4 Å². The van der Waals surface area contributed by atoms with Gasteiger partial charge in [-0.25, -0.2) is 18.4 Å². The van der Waals surface area contributed by atoms with Gasteiger partial charge in [0, 0.05) is 35.3 Å². The van der Waals surface area contributed by atoms with E-state index in [1.165, 1.54) is 49.2 Å². The average Bonchev–Trinajstić information content (AvgIpc) is 3.41. The number of aliphatic hydroxyl groups excluding tert-OH is 1. The fourth-order valence-electron chi connectivity index (χ4n) is 4.50. The van der Waals surface area contributed by atoms with E-state index in [1.54, 1.807) is 18.2 Å². The van der Waals surface area contributed by atoms with Gasteiger partial charge in [-0.15, -0.1) is 0 Å². The Morgan fingerprint density at radius 2 is 2.02 bits per heavy atom. The summed E-state index contributed by atoms with van der Waals surface area (Å²) in [6.07, 6.45) is 0. The molecule has 2 aromatic heterocycles. The number of hydrogen-bond donors (Lipinski definition) is 3. The molecular formula is C27H29N7O7S2. The molecule has 0 aliphatic carbocycles. The number of hydrogen-bond acceptors (Lipinski definition) is 13. The number of morpholine rings is 1. The summed E-state index contributed by atoms with van der Waals surface area (Å²) >= 11 is 1.22. The average molecular weight is 628 g/mol. The van der Waals surface area contributed by atoms with E-state index in [-0.39, 0.29) is 29.0 Å². The lowest BCUT2D eigenvalue weighted by molar-refractivity contribution is -0.384. The summed E-state index contributed by atoms with van der Waals surface area (Å²) in [4.78, 5) is 22.6. The smallest absolute Gasteiger partial charge is 0.269 e. The summed E-state index contributed by atoms with van der Waals surface area (Å²) in [7, 11) is -2.25. The number of aromatic nitrogens is 4. The SMILES string of the molecule is COc1c(Nc2cc(C)[nH]n2)nc(Sc2ccc(S(=O)(=O)Cc3cccc([N+](=O)[O-])c3)cc2)nc1N1CCOCC1CO. The van der Waals surface area contributed by atoms with E-state index in [9.17, 15) is 23.6 Å². The minimum atomic E-state index is -3.77. The number of sulfone groups is 1. The molecule has 14 nitrogen and oxygen atoms in total. The lowest BCUT2D eigenvalue weighted by atomic mass is 10.2. The molecule has 0 radical (unpaired) electrons. The fourth-order valence-corrected chi connectivity index (χ4v) is 6.59. The molecule has 2 aromatic carbocycles. The molecule has 43 heavy (non-hydrogen) atoms. The first-order chi connectivity index (χ1) is 20.7. The molecule has 5 rings (SSSR count). The number of benzene rings is 2. The number of H-pyrrole nitrogens is 1. The Hall–Kier alpha value is -4.25. The standard InChI is InChI=1S/C27H29N7O7S2/c1-17-12-23(32-31-17)28-25-24(40-2)26(33-10-11-41-15-20(33)14-35)30-27(29-25)42-21-6-8-22(9-7-21)43(38,39)16-18-4-3-5-19(13-18)34(36)37/h3-9,12-13,20,35H,10-11,14-16H2,1-2H3,(H2,28,29,30,31,32). The van der Waals surface area contributed by atoms with Crippen molar-refractivity contribution in [3.8, 4) is 5.75 Å². The monoisotopic (exact) mass is 627 g/mol. The molecule has 0 bridgehead atoms. The number of aryl methyl sites for hydroxylation is 1. The van der Waals surface area contributed by atoms with Gasteiger partial charge in [0.2, 0.25) is 5.75 Å². The van der Waals surface area contributed by atoms with E-state index in [0.29, 0.717) is 58.6 Å². The normalized spacial score (nSPS) is 15.3. The largest absolute Gasteiger partial charge is 0.490 e. The second-order valence-corrected chi connectivity index (χ2v) is 12.7. The maximum absolute atomic E-state index is 13.1. The number of ether oxygens (including phenoxy) is 2. The van der Waals surface area contributed by atoms with Crippen LogP contribution in [0.3, 0.4) is 0 Å². The van der Waals surface area contributed by atoms with E-state index >= 15 is 0 Å². The number of aliphatic hydroxyl groups is 1. The predicted molar refractivity (Wildman–Crippen MR) is 159 cm³/mol. The van der Waals surface area contributed by atoms with Crippen molar-refractivity contribution in [3.63, 3.8) is 0 Å². The molecule has 1 atom stereocenters. The van der Waals surface area contributed by atoms with Crippen molar-refractivity contribution in [3.05, 3.63) is 76.0 Å². The van der Waals surface area contributed by atoms with Crippen molar-refractivity contribution in [2.75, 3.05) is 43.7 Å². The van der Waals surface area contributed by atoms with Crippen LogP contribution < -0.4 is 15.0 Å². The Balaban J connectivity index is 1.43. The molecule has 1 aliphatic heterocycles. The molecule has 0 saturated carbocycles. The quantitative estimate of drug-likeness (QED) is 0.125. The molecule has 0 spiro atoms. The Kier molecular flexibility index (Phi) is 9.10. The van der Waals surface area contributed by atoms with Crippen LogP contribution in [0.4, 0.5) is 23.1 Å². The van der Waals surface area contributed by atoms with Crippen LogP contribution in [0.1, 0.15) is 11.3 Å².